The molecule has 0 aliphatic rings. The van der Waals surface area contributed by atoms with Gasteiger partial charge in [0.15, 0.2) is 0 Å². The summed E-state index contributed by atoms with van der Waals surface area (Å²) in [5.41, 5.74) is 0. The van der Waals surface area contributed by atoms with E-state index in [4.69, 9.17) is 15.3 Å². The molecular formula is C20H42BrNO3. The topological polar surface area (TPSA) is 72.7 Å². The molecule has 0 amide bonds. The largest absolute Gasteiger partial charge is 0.389 e. The van der Waals surface area contributed by atoms with Gasteiger partial charge in [-0.15, -0.1) is 17.0 Å². The molecule has 0 bridgehead atoms. The van der Waals surface area contributed by atoms with Crippen molar-refractivity contribution in [2.24, 2.45) is 0 Å². The first-order valence-electron chi connectivity index (χ1n) is 10.1. The molecule has 4 nitrogen and oxygen atoms in total. The van der Waals surface area contributed by atoms with E-state index in [2.05, 4.69) is 24.4 Å². The zero-order chi connectivity index (χ0) is 17.9. The zero-order valence-electron chi connectivity index (χ0n) is 16.2. The standard InChI is InChI=1S/C20H41NO3.BrH/c1-2-3-4-5-6-7-8-9-10-11-12-13-14-15-16-17-18-21-20(23,24)19-22;/h9-10,21-24H,2-8,11-19H2,1H3;1H/b10-9-;. The van der Waals surface area contributed by atoms with Crippen LogP contribution in [-0.4, -0.2) is 34.4 Å². The van der Waals surface area contributed by atoms with Gasteiger partial charge in [-0.1, -0.05) is 76.9 Å². The highest BCUT2D eigenvalue weighted by molar-refractivity contribution is 8.93. The molecule has 0 spiro atoms. The van der Waals surface area contributed by atoms with Crippen LogP contribution in [0, 0.1) is 0 Å². The Balaban J connectivity index is 0. The molecule has 0 atom stereocenters. The van der Waals surface area contributed by atoms with Crippen LogP contribution in [0.1, 0.15) is 96.8 Å². The Morgan fingerprint density at radius 1 is 0.720 bits per heavy atom. The predicted octanol–water partition coefficient (Wildman–Crippen LogP) is 4.82. The molecular weight excluding hydrogens is 382 g/mol. The minimum Gasteiger partial charge on any atom is -0.389 e. The number of unbranched alkanes of at least 4 members (excludes halogenated alkanes) is 12. The van der Waals surface area contributed by atoms with E-state index >= 15 is 0 Å². The van der Waals surface area contributed by atoms with E-state index in [0.29, 0.717) is 6.54 Å². The van der Waals surface area contributed by atoms with Crippen molar-refractivity contribution < 1.29 is 15.3 Å². The molecule has 0 heterocycles. The summed E-state index contributed by atoms with van der Waals surface area (Å²) >= 11 is 0. The quantitative estimate of drug-likeness (QED) is 0.145. The molecule has 0 unspecified atom stereocenters. The van der Waals surface area contributed by atoms with Crippen molar-refractivity contribution >= 4 is 17.0 Å². The van der Waals surface area contributed by atoms with Gasteiger partial charge in [0.05, 0.1) is 0 Å². The Hall–Kier alpha value is 0.0600. The summed E-state index contributed by atoms with van der Waals surface area (Å²) in [5.74, 6) is -2.12. The summed E-state index contributed by atoms with van der Waals surface area (Å²) in [5, 5.41) is 29.4. The van der Waals surface area contributed by atoms with E-state index in [1.54, 1.807) is 0 Å². The molecule has 0 aromatic heterocycles. The number of hydrogen-bond donors (Lipinski definition) is 4. The van der Waals surface area contributed by atoms with Gasteiger partial charge in [-0.2, -0.15) is 0 Å². The fourth-order valence-electron chi connectivity index (χ4n) is 2.72. The van der Waals surface area contributed by atoms with Crippen LogP contribution in [0.4, 0.5) is 0 Å². The smallest absolute Gasteiger partial charge is 0.246 e. The van der Waals surface area contributed by atoms with Crippen LogP contribution in [0.25, 0.3) is 0 Å². The summed E-state index contributed by atoms with van der Waals surface area (Å²) in [6.45, 7) is 2.10. The monoisotopic (exact) mass is 423 g/mol. The van der Waals surface area contributed by atoms with Gasteiger partial charge in [-0.25, -0.2) is 0 Å². The van der Waals surface area contributed by atoms with E-state index in [-0.39, 0.29) is 17.0 Å². The van der Waals surface area contributed by atoms with E-state index in [1.807, 2.05) is 0 Å². The molecule has 0 radical (unpaired) electrons. The maximum absolute atomic E-state index is 9.14. The molecule has 0 aromatic rings. The minimum absolute atomic E-state index is 0. The van der Waals surface area contributed by atoms with Gasteiger partial charge in [0.2, 0.25) is 5.91 Å². The zero-order valence-corrected chi connectivity index (χ0v) is 17.9. The highest BCUT2D eigenvalue weighted by Crippen LogP contribution is 2.09. The van der Waals surface area contributed by atoms with Crippen molar-refractivity contribution in [2.45, 2.75) is 103 Å². The molecule has 4 N–H and O–H groups in total. The summed E-state index contributed by atoms with van der Waals surface area (Å²) in [6.07, 6.45) is 22.3. The number of aliphatic hydroxyl groups excluding tert-OH is 1. The third-order valence-electron chi connectivity index (χ3n) is 4.32. The second kappa shape index (κ2) is 20.4. The highest BCUT2D eigenvalue weighted by Gasteiger charge is 2.19. The summed E-state index contributed by atoms with van der Waals surface area (Å²) < 4.78 is 0. The first-order chi connectivity index (χ1) is 11.6. The number of hydrogen-bond acceptors (Lipinski definition) is 4. The van der Waals surface area contributed by atoms with Crippen LogP contribution in [0.3, 0.4) is 0 Å². The van der Waals surface area contributed by atoms with Crippen LogP contribution < -0.4 is 5.32 Å². The van der Waals surface area contributed by atoms with Crippen LogP contribution in [0.15, 0.2) is 12.2 Å². The highest BCUT2D eigenvalue weighted by atomic mass is 79.9. The van der Waals surface area contributed by atoms with Crippen molar-refractivity contribution in [3.63, 3.8) is 0 Å². The maximum atomic E-state index is 9.14. The number of nitrogens with one attached hydrogen (secondary N) is 1. The molecule has 0 rings (SSSR count). The minimum atomic E-state index is -2.12. The average Bonchev–Trinajstić information content (AvgIpc) is 2.57. The molecule has 0 saturated heterocycles. The van der Waals surface area contributed by atoms with Crippen molar-refractivity contribution in [2.75, 3.05) is 13.2 Å². The molecule has 0 aliphatic carbocycles. The van der Waals surface area contributed by atoms with E-state index in [1.165, 1.54) is 77.0 Å². The molecule has 5 heteroatoms. The second-order valence-corrected chi connectivity index (χ2v) is 6.84. The first kappa shape index (κ1) is 27.3. The third-order valence-corrected chi connectivity index (χ3v) is 4.32. The van der Waals surface area contributed by atoms with Crippen LogP contribution in [-0.2, 0) is 0 Å². The fraction of sp³-hybridized carbons (Fsp3) is 0.900. The van der Waals surface area contributed by atoms with Gasteiger partial charge in [-0.3, -0.25) is 5.32 Å². The van der Waals surface area contributed by atoms with Crippen molar-refractivity contribution in [1.82, 2.24) is 5.32 Å². The molecule has 25 heavy (non-hydrogen) atoms. The van der Waals surface area contributed by atoms with Gasteiger partial charge < -0.3 is 15.3 Å². The molecule has 0 saturated carbocycles. The SMILES string of the molecule is Br.CCCCCCCC/C=C\CCCCCCCCNC(O)(O)CO. The van der Waals surface area contributed by atoms with Gasteiger partial charge in [0, 0.05) is 6.54 Å². The second-order valence-electron chi connectivity index (χ2n) is 6.84. The van der Waals surface area contributed by atoms with Crippen molar-refractivity contribution in [3.8, 4) is 0 Å². The summed E-state index contributed by atoms with van der Waals surface area (Å²) in [4.78, 5) is 0. The Bertz CT molecular complexity index is 286. The lowest BCUT2D eigenvalue weighted by molar-refractivity contribution is -0.208. The Labute approximate surface area is 165 Å². The maximum Gasteiger partial charge on any atom is 0.246 e. The molecule has 152 valence electrons. The van der Waals surface area contributed by atoms with Crippen LogP contribution >= 0.6 is 17.0 Å². The summed E-state index contributed by atoms with van der Waals surface area (Å²) in [7, 11) is 0. The third kappa shape index (κ3) is 22.0. The van der Waals surface area contributed by atoms with Crippen molar-refractivity contribution in [3.05, 3.63) is 12.2 Å². The van der Waals surface area contributed by atoms with Gasteiger partial charge in [-0.05, 0) is 32.1 Å². The van der Waals surface area contributed by atoms with Crippen LogP contribution in [0.5, 0.6) is 0 Å². The normalized spacial score (nSPS) is 11.8. The number of allylic oxidation sites excluding steroid dienone is 2. The Morgan fingerprint density at radius 2 is 1.16 bits per heavy atom. The first-order valence-corrected chi connectivity index (χ1v) is 10.1. The van der Waals surface area contributed by atoms with Gasteiger partial charge >= 0.3 is 0 Å². The van der Waals surface area contributed by atoms with Gasteiger partial charge in [0.1, 0.15) is 6.61 Å². The lowest BCUT2D eigenvalue weighted by Crippen LogP contribution is -2.48. The average molecular weight is 424 g/mol. The van der Waals surface area contributed by atoms with E-state index in [0.717, 1.165) is 12.8 Å². The Morgan fingerprint density at radius 3 is 1.64 bits per heavy atom. The summed E-state index contributed by atoms with van der Waals surface area (Å²) in [6, 6.07) is 0. The van der Waals surface area contributed by atoms with Crippen molar-refractivity contribution in [1.29, 1.82) is 0 Å². The van der Waals surface area contributed by atoms with E-state index < -0.39 is 12.5 Å². The number of halogens is 1. The van der Waals surface area contributed by atoms with Crippen LogP contribution in [0.2, 0.25) is 0 Å². The number of aliphatic hydroxyl groups is 3. The molecule has 0 aromatic carbocycles. The van der Waals surface area contributed by atoms with E-state index in [9.17, 15) is 0 Å². The van der Waals surface area contributed by atoms with Gasteiger partial charge in [0.25, 0.3) is 0 Å². The molecule has 0 fully saturated rings. The molecule has 0 aliphatic heterocycles. The fourth-order valence-corrected chi connectivity index (χ4v) is 2.72. The lowest BCUT2D eigenvalue weighted by atomic mass is 10.1. The number of rotatable bonds is 18. The Kier molecular flexibility index (Phi) is 22.2. The predicted molar refractivity (Wildman–Crippen MR) is 112 cm³/mol. The lowest BCUT2D eigenvalue weighted by Gasteiger charge is -2.19.